The number of benzene rings is 2. The third-order valence-corrected chi connectivity index (χ3v) is 7.76. The molecule has 101 valence electrons. The van der Waals surface area contributed by atoms with Gasteiger partial charge in [0.05, 0.1) is 8.07 Å². The van der Waals surface area contributed by atoms with Gasteiger partial charge < -0.3 is 4.98 Å². The average Bonchev–Trinajstić information content (AvgIpc) is 2.45. The van der Waals surface area contributed by atoms with Gasteiger partial charge in [0, 0.05) is 26.3 Å². The van der Waals surface area contributed by atoms with Crippen LogP contribution in [0, 0.1) is 6.07 Å². The Morgan fingerprint density at radius 3 is 2.65 bits per heavy atom. The van der Waals surface area contributed by atoms with Gasteiger partial charge in [-0.05, 0) is 22.5 Å². The smallest absolute Gasteiger partial charge is 0.0659 e. The van der Waals surface area contributed by atoms with Crippen molar-refractivity contribution in [3.05, 3.63) is 54.7 Å². The minimum atomic E-state index is -1.63. The average molecular weight is 453 g/mol. The van der Waals surface area contributed by atoms with E-state index in [1.807, 2.05) is 12.3 Å². The first-order valence-electron chi connectivity index (χ1n) is 6.59. The maximum absolute atomic E-state index is 4.64. The standard InChI is InChI=1S/C17H14NSi.Ir/c1-19(2)14-8-4-3-7-13(14)17-16-12(10-11-18-17)6-5-9-15(16)19;/h3-6,8-11H,1-2H3;/q-1;. The summed E-state index contributed by atoms with van der Waals surface area (Å²) in [7, 11) is -1.63. The molecule has 0 N–H and O–H groups in total. The van der Waals surface area contributed by atoms with Gasteiger partial charge >= 0.3 is 0 Å². The second-order valence-corrected chi connectivity index (χ2v) is 9.97. The molecule has 0 saturated carbocycles. The van der Waals surface area contributed by atoms with Crippen LogP contribution in [0.3, 0.4) is 0 Å². The van der Waals surface area contributed by atoms with Crippen molar-refractivity contribution < 1.29 is 20.1 Å². The van der Waals surface area contributed by atoms with Crippen LogP contribution in [0.25, 0.3) is 22.0 Å². The zero-order valence-electron chi connectivity index (χ0n) is 11.4. The first-order chi connectivity index (χ1) is 9.19. The van der Waals surface area contributed by atoms with Crippen LogP contribution < -0.4 is 10.4 Å². The van der Waals surface area contributed by atoms with Crippen LogP contribution in [0.1, 0.15) is 0 Å². The molecule has 3 heteroatoms. The fraction of sp³-hybridized carbons (Fsp3) is 0.118. The van der Waals surface area contributed by atoms with Crippen LogP contribution in [0.15, 0.2) is 48.7 Å². The van der Waals surface area contributed by atoms with E-state index in [0.29, 0.717) is 0 Å². The maximum atomic E-state index is 4.64. The second-order valence-electron chi connectivity index (χ2n) is 5.65. The minimum absolute atomic E-state index is 0. The Bertz CT molecular complexity index is 806. The first kappa shape index (κ1) is 13.7. The van der Waals surface area contributed by atoms with Crippen LogP contribution in [-0.2, 0) is 20.1 Å². The molecule has 2 aromatic carbocycles. The predicted octanol–water partition coefficient (Wildman–Crippen LogP) is 2.84. The van der Waals surface area contributed by atoms with Crippen molar-refractivity contribution >= 4 is 29.2 Å². The van der Waals surface area contributed by atoms with Crippen LogP contribution >= 0.6 is 0 Å². The van der Waals surface area contributed by atoms with E-state index >= 15 is 0 Å². The summed E-state index contributed by atoms with van der Waals surface area (Å²) in [5.41, 5.74) is 2.32. The van der Waals surface area contributed by atoms with Gasteiger partial charge in [0.15, 0.2) is 0 Å². The third-order valence-electron chi connectivity index (χ3n) is 4.23. The number of nitrogens with zero attached hydrogens (tertiary/aromatic N) is 1. The summed E-state index contributed by atoms with van der Waals surface area (Å²) in [6.45, 7) is 4.84. The van der Waals surface area contributed by atoms with Crippen molar-refractivity contribution in [2.24, 2.45) is 0 Å². The summed E-state index contributed by atoms with van der Waals surface area (Å²) >= 11 is 0. The normalized spacial score (nSPS) is 14.5. The molecule has 0 spiro atoms. The summed E-state index contributed by atoms with van der Waals surface area (Å²) in [6.07, 6.45) is 1.91. The largest absolute Gasteiger partial charge is 0.304 e. The predicted molar refractivity (Wildman–Crippen MR) is 82.8 cm³/mol. The molecule has 0 atom stereocenters. The molecule has 4 rings (SSSR count). The molecule has 20 heavy (non-hydrogen) atoms. The molecule has 3 aromatic rings. The molecule has 2 heterocycles. The van der Waals surface area contributed by atoms with E-state index in [0.717, 1.165) is 5.69 Å². The second kappa shape index (κ2) is 4.63. The summed E-state index contributed by atoms with van der Waals surface area (Å²) in [6, 6.07) is 18.5. The van der Waals surface area contributed by atoms with E-state index in [1.165, 1.54) is 26.7 Å². The minimum Gasteiger partial charge on any atom is -0.304 e. The summed E-state index contributed by atoms with van der Waals surface area (Å²) < 4.78 is 0. The van der Waals surface area contributed by atoms with Crippen molar-refractivity contribution in [2.75, 3.05) is 0 Å². The molecule has 0 saturated heterocycles. The molecule has 1 aliphatic rings. The van der Waals surface area contributed by atoms with E-state index in [9.17, 15) is 0 Å². The number of hydrogen-bond donors (Lipinski definition) is 0. The van der Waals surface area contributed by atoms with Crippen molar-refractivity contribution in [1.29, 1.82) is 0 Å². The number of fused-ring (bicyclic) bond motifs is 2. The molecular weight excluding hydrogens is 438 g/mol. The van der Waals surface area contributed by atoms with Gasteiger partial charge in [0.1, 0.15) is 0 Å². The van der Waals surface area contributed by atoms with E-state index in [-0.39, 0.29) is 20.1 Å². The van der Waals surface area contributed by atoms with Crippen molar-refractivity contribution in [2.45, 2.75) is 13.1 Å². The maximum Gasteiger partial charge on any atom is 0.0659 e. The Hall–Kier alpha value is -1.28. The fourth-order valence-corrected chi connectivity index (χ4v) is 6.26. The van der Waals surface area contributed by atoms with Crippen LogP contribution in [0.4, 0.5) is 0 Å². The van der Waals surface area contributed by atoms with Crippen LogP contribution in [0.5, 0.6) is 0 Å². The Balaban J connectivity index is 0.00000121. The van der Waals surface area contributed by atoms with E-state index in [1.54, 1.807) is 0 Å². The Morgan fingerprint density at radius 1 is 1.00 bits per heavy atom. The molecular formula is C17H14IrNSi-. The molecule has 0 bridgehead atoms. The van der Waals surface area contributed by atoms with Crippen LogP contribution in [0.2, 0.25) is 13.1 Å². The van der Waals surface area contributed by atoms with Gasteiger partial charge in [0.2, 0.25) is 0 Å². The fourth-order valence-electron chi connectivity index (χ4n) is 3.24. The molecule has 1 aromatic heterocycles. The first-order valence-corrected chi connectivity index (χ1v) is 9.59. The SMILES string of the molecule is C[Si]1(C)c2ccc[c-]c2-c2nccc3cccc1c23.[Ir]. The van der Waals surface area contributed by atoms with Gasteiger partial charge in [0.25, 0.3) is 0 Å². The number of pyridine rings is 1. The summed E-state index contributed by atoms with van der Waals surface area (Å²) in [4.78, 5) is 4.64. The molecule has 0 fully saturated rings. The quantitative estimate of drug-likeness (QED) is 0.378. The van der Waals surface area contributed by atoms with Gasteiger partial charge in [-0.2, -0.15) is 0 Å². The monoisotopic (exact) mass is 453 g/mol. The molecule has 0 aliphatic carbocycles. The molecule has 1 nitrogen and oxygen atoms in total. The van der Waals surface area contributed by atoms with Crippen molar-refractivity contribution in [1.82, 2.24) is 4.98 Å². The summed E-state index contributed by atoms with van der Waals surface area (Å²) in [5, 5.41) is 5.59. The molecule has 1 radical (unpaired) electrons. The van der Waals surface area contributed by atoms with Gasteiger partial charge in [-0.3, -0.25) is 0 Å². The molecule has 0 amide bonds. The number of aromatic nitrogens is 1. The number of rotatable bonds is 0. The van der Waals surface area contributed by atoms with Crippen molar-refractivity contribution in [3.8, 4) is 11.3 Å². The third kappa shape index (κ3) is 1.67. The Morgan fingerprint density at radius 2 is 1.80 bits per heavy atom. The van der Waals surface area contributed by atoms with E-state index in [4.69, 9.17) is 0 Å². The van der Waals surface area contributed by atoms with E-state index in [2.05, 4.69) is 60.5 Å². The van der Waals surface area contributed by atoms with Gasteiger partial charge in [-0.15, -0.1) is 35.0 Å². The Labute approximate surface area is 133 Å². The van der Waals surface area contributed by atoms with Gasteiger partial charge in [-0.1, -0.05) is 36.5 Å². The molecule has 0 unspecified atom stereocenters. The molecule has 1 aliphatic heterocycles. The van der Waals surface area contributed by atoms with Gasteiger partial charge in [-0.25, -0.2) is 0 Å². The van der Waals surface area contributed by atoms with E-state index < -0.39 is 8.07 Å². The number of hydrogen-bond acceptors (Lipinski definition) is 1. The van der Waals surface area contributed by atoms with Crippen LogP contribution in [-0.4, -0.2) is 13.1 Å². The Kier molecular flexibility index (Phi) is 3.17. The van der Waals surface area contributed by atoms with Crippen molar-refractivity contribution in [3.63, 3.8) is 0 Å². The zero-order chi connectivity index (χ0) is 13.0. The zero-order valence-corrected chi connectivity index (χ0v) is 14.8. The summed E-state index contributed by atoms with van der Waals surface area (Å²) in [5.74, 6) is 0. The topological polar surface area (TPSA) is 12.9 Å².